The van der Waals surface area contributed by atoms with Gasteiger partial charge in [0.05, 0.1) is 32.2 Å². The molecule has 1 aromatic heterocycles. The normalized spacial score (nSPS) is 18.0. The van der Waals surface area contributed by atoms with Crippen LogP contribution in [0.2, 0.25) is 0 Å². The SMILES string of the molecule is O=C(CSc1nc(N2CCOCC2)nc(N2CCOCC2)n1)Nc1ccc2c(c1)OCO2. The summed E-state index contributed by atoms with van der Waals surface area (Å²) in [5.74, 6) is 2.54. The molecule has 170 valence electrons. The van der Waals surface area contributed by atoms with E-state index in [0.717, 1.165) is 26.2 Å². The Labute approximate surface area is 189 Å². The molecule has 1 aromatic carbocycles. The lowest BCUT2D eigenvalue weighted by Gasteiger charge is -2.30. The number of benzene rings is 1. The van der Waals surface area contributed by atoms with Crippen molar-refractivity contribution in [1.82, 2.24) is 15.0 Å². The van der Waals surface area contributed by atoms with Gasteiger partial charge in [-0.05, 0) is 12.1 Å². The molecule has 2 aromatic rings. The summed E-state index contributed by atoms with van der Waals surface area (Å²) in [7, 11) is 0. The van der Waals surface area contributed by atoms with E-state index in [2.05, 4.69) is 30.1 Å². The van der Waals surface area contributed by atoms with Crippen LogP contribution in [0.25, 0.3) is 0 Å². The zero-order chi connectivity index (χ0) is 21.8. The third-order valence-electron chi connectivity index (χ3n) is 5.17. The Bertz CT molecular complexity index is 931. The highest BCUT2D eigenvalue weighted by atomic mass is 32.2. The van der Waals surface area contributed by atoms with E-state index < -0.39 is 0 Å². The number of hydrogen-bond acceptors (Lipinski definition) is 11. The Kier molecular flexibility index (Phi) is 6.41. The summed E-state index contributed by atoms with van der Waals surface area (Å²) in [5.41, 5.74) is 0.651. The second-order valence-corrected chi connectivity index (χ2v) is 8.26. The molecular weight excluding hydrogens is 436 g/mol. The van der Waals surface area contributed by atoms with E-state index in [4.69, 9.17) is 18.9 Å². The number of amides is 1. The second kappa shape index (κ2) is 9.76. The van der Waals surface area contributed by atoms with Crippen molar-refractivity contribution in [2.75, 3.05) is 80.3 Å². The Morgan fingerprint density at radius 3 is 2.19 bits per heavy atom. The minimum atomic E-state index is -0.157. The van der Waals surface area contributed by atoms with Crippen molar-refractivity contribution >= 4 is 35.3 Å². The molecule has 0 spiro atoms. The number of aromatic nitrogens is 3. The molecule has 11 nitrogen and oxygen atoms in total. The number of fused-ring (bicyclic) bond motifs is 1. The maximum Gasteiger partial charge on any atom is 0.234 e. The molecule has 1 N–H and O–H groups in total. The molecule has 4 heterocycles. The van der Waals surface area contributed by atoms with Gasteiger partial charge in [0.25, 0.3) is 0 Å². The van der Waals surface area contributed by atoms with Crippen LogP contribution in [0.5, 0.6) is 11.5 Å². The second-order valence-electron chi connectivity index (χ2n) is 7.32. The maximum absolute atomic E-state index is 12.5. The highest BCUT2D eigenvalue weighted by Crippen LogP contribution is 2.34. The molecule has 0 aliphatic carbocycles. The topological polar surface area (TPSA) is 111 Å². The van der Waals surface area contributed by atoms with Crippen LogP contribution in [0.4, 0.5) is 17.6 Å². The van der Waals surface area contributed by atoms with E-state index in [1.807, 2.05) is 0 Å². The number of nitrogens with zero attached hydrogens (tertiary/aromatic N) is 5. The van der Waals surface area contributed by atoms with Crippen molar-refractivity contribution in [3.05, 3.63) is 18.2 Å². The standard InChI is InChI=1S/C20H24N6O5S/c27-17(21-14-1-2-15-16(11-14)31-13-30-15)12-32-20-23-18(25-3-7-28-8-4-25)22-19(24-20)26-5-9-29-10-6-26/h1-2,11H,3-10,12-13H2,(H,21,27). The lowest BCUT2D eigenvalue weighted by molar-refractivity contribution is -0.113. The van der Waals surface area contributed by atoms with Crippen molar-refractivity contribution < 1.29 is 23.7 Å². The van der Waals surface area contributed by atoms with Gasteiger partial charge in [-0.2, -0.15) is 15.0 Å². The summed E-state index contributed by atoms with van der Waals surface area (Å²) >= 11 is 1.28. The Hall–Kier alpha value is -2.83. The largest absolute Gasteiger partial charge is 0.454 e. The predicted molar refractivity (Wildman–Crippen MR) is 118 cm³/mol. The van der Waals surface area contributed by atoms with Crippen LogP contribution in [0.15, 0.2) is 23.4 Å². The van der Waals surface area contributed by atoms with Gasteiger partial charge < -0.3 is 34.1 Å². The number of carbonyl (C=O) groups is 1. The number of anilines is 3. The molecule has 0 atom stereocenters. The third kappa shape index (κ3) is 4.97. The van der Waals surface area contributed by atoms with E-state index in [0.29, 0.717) is 60.7 Å². The Balaban J connectivity index is 1.27. The molecule has 1 amide bonds. The van der Waals surface area contributed by atoms with Crippen molar-refractivity contribution in [1.29, 1.82) is 0 Å². The van der Waals surface area contributed by atoms with Crippen molar-refractivity contribution in [2.45, 2.75) is 5.16 Å². The average Bonchev–Trinajstić information content (AvgIpc) is 3.32. The highest BCUT2D eigenvalue weighted by Gasteiger charge is 2.21. The minimum absolute atomic E-state index is 0.157. The van der Waals surface area contributed by atoms with Crippen LogP contribution >= 0.6 is 11.8 Å². The van der Waals surface area contributed by atoms with Gasteiger partial charge in [0.1, 0.15) is 0 Å². The first-order valence-electron chi connectivity index (χ1n) is 10.5. The molecule has 3 aliphatic heterocycles. The summed E-state index contributed by atoms with van der Waals surface area (Å²) in [6.07, 6.45) is 0. The molecule has 32 heavy (non-hydrogen) atoms. The summed E-state index contributed by atoms with van der Waals surface area (Å²) in [4.78, 5) is 30.6. The molecule has 3 aliphatic rings. The van der Waals surface area contributed by atoms with Gasteiger partial charge in [0, 0.05) is 37.9 Å². The van der Waals surface area contributed by atoms with E-state index in [9.17, 15) is 4.79 Å². The molecule has 0 radical (unpaired) electrons. The monoisotopic (exact) mass is 460 g/mol. The molecule has 5 rings (SSSR count). The summed E-state index contributed by atoms with van der Waals surface area (Å²) < 4.78 is 21.6. The first kappa shape index (κ1) is 21.0. The van der Waals surface area contributed by atoms with Crippen LogP contribution in [-0.2, 0) is 14.3 Å². The van der Waals surface area contributed by atoms with Gasteiger partial charge >= 0.3 is 0 Å². The molecule has 2 fully saturated rings. The molecule has 12 heteroatoms. The third-order valence-corrected chi connectivity index (χ3v) is 6.02. The molecule has 0 bridgehead atoms. The van der Waals surface area contributed by atoms with E-state index in [-0.39, 0.29) is 18.5 Å². The van der Waals surface area contributed by atoms with Crippen molar-refractivity contribution in [2.24, 2.45) is 0 Å². The minimum Gasteiger partial charge on any atom is -0.454 e. The zero-order valence-corrected chi connectivity index (χ0v) is 18.3. The summed E-state index contributed by atoms with van der Waals surface area (Å²) in [5, 5.41) is 3.39. The fourth-order valence-electron chi connectivity index (χ4n) is 3.51. The van der Waals surface area contributed by atoms with Crippen LogP contribution in [0.3, 0.4) is 0 Å². The number of carbonyl (C=O) groups excluding carboxylic acids is 1. The average molecular weight is 461 g/mol. The lowest BCUT2D eigenvalue weighted by atomic mass is 10.3. The van der Waals surface area contributed by atoms with E-state index >= 15 is 0 Å². The number of morpholine rings is 2. The van der Waals surface area contributed by atoms with Crippen LogP contribution in [-0.4, -0.2) is 86.0 Å². The van der Waals surface area contributed by atoms with Gasteiger partial charge in [0.15, 0.2) is 16.7 Å². The van der Waals surface area contributed by atoms with Gasteiger partial charge in [-0.3, -0.25) is 4.79 Å². The number of hydrogen-bond donors (Lipinski definition) is 1. The van der Waals surface area contributed by atoms with Crippen LogP contribution < -0.4 is 24.6 Å². The van der Waals surface area contributed by atoms with Gasteiger partial charge in [-0.15, -0.1) is 0 Å². The first-order valence-corrected chi connectivity index (χ1v) is 11.5. The number of nitrogens with one attached hydrogen (secondary N) is 1. The van der Waals surface area contributed by atoms with Crippen LogP contribution in [0, 0.1) is 0 Å². The smallest absolute Gasteiger partial charge is 0.234 e. The number of thioether (sulfide) groups is 1. The van der Waals surface area contributed by atoms with Crippen molar-refractivity contribution in [3.63, 3.8) is 0 Å². The Morgan fingerprint density at radius 1 is 0.906 bits per heavy atom. The van der Waals surface area contributed by atoms with Gasteiger partial charge in [-0.25, -0.2) is 0 Å². The quantitative estimate of drug-likeness (QED) is 0.623. The predicted octanol–water partition coefficient (Wildman–Crippen LogP) is 1.00. The van der Waals surface area contributed by atoms with E-state index in [1.165, 1.54) is 11.8 Å². The highest BCUT2D eigenvalue weighted by molar-refractivity contribution is 7.99. The number of rotatable bonds is 6. The maximum atomic E-state index is 12.5. The molecule has 0 unspecified atom stereocenters. The molecule has 2 saturated heterocycles. The summed E-state index contributed by atoms with van der Waals surface area (Å²) in [6, 6.07) is 5.31. The van der Waals surface area contributed by atoms with Gasteiger partial charge in [-0.1, -0.05) is 11.8 Å². The zero-order valence-electron chi connectivity index (χ0n) is 17.5. The van der Waals surface area contributed by atoms with E-state index in [1.54, 1.807) is 18.2 Å². The van der Waals surface area contributed by atoms with Crippen molar-refractivity contribution in [3.8, 4) is 11.5 Å². The lowest BCUT2D eigenvalue weighted by Crippen LogP contribution is -2.40. The molecule has 0 saturated carbocycles. The number of ether oxygens (including phenoxy) is 4. The van der Waals surface area contributed by atoms with Gasteiger partial charge in [0.2, 0.25) is 24.6 Å². The Morgan fingerprint density at radius 2 is 1.53 bits per heavy atom. The molecular formula is C20H24N6O5S. The fraction of sp³-hybridized carbons (Fsp3) is 0.500. The summed E-state index contributed by atoms with van der Waals surface area (Å²) in [6.45, 7) is 5.64. The first-order chi connectivity index (χ1) is 15.7. The fourth-order valence-corrected chi connectivity index (χ4v) is 4.14. The van der Waals surface area contributed by atoms with Crippen LogP contribution in [0.1, 0.15) is 0 Å².